The molecule has 0 heterocycles. The molecule has 22 heavy (non-hydrogen) atoms. The number of hydrogen-bond donors (Lipinski definition) is 2. The van der Waals surface area contributed by atoms with Crippen LogP contribution < -0.4 is 0 Å². The summed E-state index contributed by atoms with van der Waals surface area (Å²) in [6.45, 7) is 0. The number of carbonyl (C=O) groups is 2. The molecule has 4 nitrogen and oxygen atoms in total. The third kappa shape index (κ3) is 8.45. The third-order valence-corrected chi connectivity index (χ3v) is 3.79. The second kappa shape index (κ2) is 10.8. The first-order valence-corrected chi connectivity index (χ1v) is 8.10. The molecule has 1 rings (SSSR count). The Morgan fingerprint density at radius 2 is 1.09 bits per heavy atom. The molecule has 0 saturated carbocycles. The van der Waals surface area contributed by atoms with Crippen molar-refractivity contribution in [1.29, 1.82) is 0 Å². The second-order valence-corrected chi connectivity index (χ2v) is 5.68. The quantitative estimate of drug-likeness (QED) is 0.571. The van der Waals surface area contributed by atoms with Gasteiger partial charge in [-0.1, -0.05) is 37.1 Å². The summed E-state index contributed by atoms with van der Waals surface area (Å²) in [5.74, 6) is -1.44. The van der Waals surface area contributed by atoms with Crippen LogP contribution in [0.1, 0.15) is 62.5 Å². The van der Waals surface area contributed by atoms with Crippen molar-refractivity contribution >= 4 is 11.9 Å². The van der Waals surface area contributed by atoms with Gasteiger partial charge in [0.2, 0.25) is 0 Å². The first-order valence-electron chi connectivity index (χ1n) is 8.10. The van der Waals surface area contributed by atoms with E-state index in [2.05, 4.69) is 12.1 Å². The summed E-state index contributed by atoms with van der Waals surface area (Å²) in [6.07, 6.45) is 7.90. The van der Waals surface area contributed by atoms with Crippen molar-refractivity contribution in [3.63, 3.8) is 0 Å². The van der Waals surface area contributed by atoms with E-state index in [-0.39, 0.29) is 12.8 Å². The van der Waals surface area contributed by atoms with E-state index in [0.29, 0.717) is 0 Å². The fourth-order valence-corrected chi connectivity index (χ4v) is 2.58. The van der Waals surface area contributed by atoms with Gasteiger partial charge >= 0.3 is 11.9 Å². The Hall–Kier alpha value is -1.84. The fourth-order valence-electron chi connectivity index (χ4n) is 2.58. The molecule has 0 amide bonds. The van der Waals surface area contributed by atoms with Crippen molar-refractivity contribution in [1.82, 2.24) is 0 Å². The highest BCUT2D eigenvalue weighted by Crippen LogP contribution is 2.16. The van der Waals surface area contributed by atoms with Crippen LogP contribution in [0.2, 0.25) is 0 Å². The second-order valence-electron chi connectivity index (χ2n) is 5.68. The van der Waals surface area contributed by atoms with Crippen LogP contribution in [0.3, 0.4) is 0 Å². The minimum atomic E-state index is -0.721. The number of carboxylic acids is 2. The molecule has 0 aliphatic heterocycles. The Balaban J connectivity index is 2.28. The van der Waals surface area contributed by atoms with Gasteiger partial charge in [0.05, 0.1) is 0 Å². The molecule has 0 aliphatic rings. The molecule has 4 heteroatoms. The molecule has 1 aromatic carbocycles. The maximum atomic E-state index is 10.5. The lowest BCUT2D eigenvalue weighted by molar-refractivity contribution is -0.138. The summed E-state index contributed by atoms with van der Waals surface area (Å²) < 4.78 is 0. The van der Waals surface area contributed by atoms with Gasteiger partial charge < -0.3 is 10.2 Å². The van der Waals surface area contributed by atoms with Crippen molar-refractivity contribution < 1.29 is 19.8 Å². The molecule has 0 unspecified atom stereocenters. The van der Waals surface area contributed by atoms with E-state index in [1.807, 2.05) is 12.1 Å². The Bertz CT molecular complexity index is 425. The van der Waals surface area contributed by atoms with Gasteiger partial charge in [0.15, 0.2) is 0 Å². The summed E-state index contributed by atoms with van der Waals surface area (Å²) in [6, 6.07) is 8.37. The van der Waals surface area contributed by atoms with Crippen molar-refractivity contribution in [2.45, 2.75) is 64.2 Å². The van der Waals surface area contributed by atoms with E-state index < -0.39 is 11.9 Å². The van der Waals surface area contributed by atoms with E-state index in [9.17, 15) is 9.59 Å². The minimum absolute atomic E-state index is 0.255. The Labute approximate surface area is 132 Å². The molecule has 0 saturated heterocycles. The van der Waals surface area contributed by atoms with Gasteiger partial charge in [0.25, 0.3) is 0 Å². The molecule has 1 aromatic rings. The average molecular weight is 306 g/mol. The number of hydrogen-bond acceptors (Lipinski definition) is 2. The maximum Gasteiger partial charge on any atom is 0.303 e. The van der Waals surface area contributed by atoms with Gasteiger partial charge in [0.1, 0.15) is 0 Å². The molecule has 0 bridgehead atoms. The molecule has 2 N–H and O–H groups in total. The van der Waals surface area contributed by atoms with E-state index in [4.69, 9.17) is 10.2 Å². The van der Waals surface area contributed by atoms with E-state index >= 15 is 0 Å². The number of aryl methyl sites for hydroxylation is 2. The highest BCUT2D eigenvalue weighted by molar-refractivity contribution is 5.66. The van der Waals surface area contributed by atoms with Gasteiger partial charge in [-0.25, -0.2) is 0 Å². The number of unbranched alkanes of at least 4 members (excludes halogenated alkanes) is 4. The SMILES string of the molecule is O=C(O)CCCCCc1ccccc1CCCCCC(=O)O. The normalized spacial score (nSPS) is 10.5. The van der Waals surface area contributed by atoms with Crippen LogP contribution in [0.4, 0.5) is 0 Å². The van der Waals surface area contributed by atoms with Gasteiger partial charge in [-0.2, -0.15) is 0 Å². The summed E-state index contributed by atoms with van der Waals surface area (Å²) in [5.41, 5.74) is 2.69. The van der Waals surface area contributed by atoms with Crippen LogP contribution in [-0.2, 0) is 22.4 Å². The van der Waals surface area contributed by atoms with Crippen LogP contribution in [0, 0.1) is 0 Å². The standard InChI is InChI=1S/C18H26O4/c19-17(20)13-5-1-3-9-15-11-7-8-12-16(15)10-4-2-6-14-18(21)22/h7-8,11-12H,1-6,9-10,13-14H2,(H,19,20)(H,21,22). The van der Waals surface area contributed by atoms with E-state index in [1.54, 1.807) is 0 Å². The summed E-state index contributed by atoms with van der Waals surface area (Å²) in [5, 5.41) is 17.2. The lowest BCUT2D eigenvalue weighted by atomic mass is 9.97. The monoisotopic (exact) mass is 306 g/mol. The lowest BCUT2D eigenvalue weighted by Crippen LogP contribution is -1.98. The molecule has 0 spiro atoms. The largest absolute Gasteiger partial charge is 0.481 e. The molecular weight excluding hydrogens is 280 g/mol. The van der Waals surface area contributed by atoms with Gasteiger partial charge in [0, 0.05) is 12.8 Å². The zero-order chi connectivity index (χ0) is 16.2. The van der Waals surface area contributed by atoms with Crippen molar-refractivity contribution in [3.8, 4) is 0 Å². The van der Waals surface area contributed by atoms with Crippen LogP contribution in [-0.4, -0.2) is 22.2 Å². The van der Waals surface area contributed by atoms with Crippen LogP contribution in [0.15, 0.2) is 24.3 Å². The molecular formula is C18H26O4. The maximum absolute atomic E-state index is 10.5. The van der Waals surface area contributed by atoms with E-state index in [1.165, 1.54) is 11.1 Å². The Kier molecular flexibility index (Phi) is 8.96. The Morgan fingerprint density at radius 1 is 0.682 bits per heavy atom. The van der Waals surface area contributed by atoms with Crippen LogP contribution >= 0.6 is 0 Å². The highest BCUT2D eigenvalue weighted by Gasteiger charge is 2.03. The minimum Gasteiger partial charge on any atom is -0.481 e. The summed E-state index contributed by atoms with van der Waals surface area (Å²) in [7, 11) is 0. The van der Waals surface area contributed by atoms with Gasteiger partial charge in [-0.05, 0) is 49.7 Å². The smallest absolute Gasteiger partial charge is 0.303 e. The summed E-state index contributed by atoms with van der Waals surface area (Å²) >= 11 is 0. The zero-order valence-electron chi connectivity index (χ0n) is 13.1. The molecule has 0 fully saturated rings. The zero-order valence-corrected chi connectivity index (χ0v) is 13.1. The van der Waals surface area contributed by atoms with Crippen molar-refractivity contribution in [3.05, 3.63) is 35.4 Å². The average Bonchev–Trinajstić information content (AvgIpc) is 2.47. The molecule has 122 valence electrons. The predicted molar refractivity (Wildman–Crippen MR) is 86.1 cm³/mol. The number of rotatable bonds is 12. The fraction of sp³-hybridized carbons (Fsp3) is 0.556. The lowest BCUT2D eigenvalue weighted by Gasteiger charge is -2.09. The summed E-state index contributed by atoms with van der Waals surface area (Å²) in [4.78, 5) is 20.9. The first kappa shape index (κ1) is 18.2. The van der Waals surface area contributed by atoms with Gasteiger partial charge in [-0.3, -0.25) is 9.59 Å². The van der Waals surface area contributed by atoms with Crippen molar-refractivity contribution in [2.75, 3.05) is 0 Å². The number of benzene rings is 1. The van der Waals surface area contributed by atoms with Crippen LogP contribution in [0.25, 0.3) is 0 Å². The topological polar surface area (TPSA) is 74.6 Å². The Morgan fingerprint density at radius 3 is 1.45 bits per heavy atom. The van der Waals surface area contributed by atoms with E-state index in [0.717, 1.165) is 51.4 Å². The number of carboxylic acid groups (broad SMARTS) is 2. The molecule has 0 aliphatic carbocycles. The molecule has 0 atom stereocenters. The molecule has 0 radical (unpaired) electrons. The third-order valence-electron chi connectivity index (χ3n) is 3.79. The highest BCUT2D eigenvalue weighted by atomic mass is 16.4. The van der Waals surface area contributed by atoms with Crippen molar-refractivity contribution in [2.24, 2.45) is 0 Å². The molecule has 0 aromatic heterocycles. The first-order chi connectivity index (χ1) is 10.6. The van der Waals surface area contributed by atoms with Crippen LogP contribution in [0.5, 0.6) is 0 Å². The number of aliphatic carboxylic acids is 2. The predicted octanol–water partition coefficient (Wildman–Crippen LogP) is 4.06. The van der Waals surface area contributed by atoms with Gasteiger partial charge in [-0.15, -0.1) is 0 Å².